The molecule has 6 heteroatoms. The Morgan fingerprint density at radius 2 is 1.67 bits per heavy atom. The van der Waals surface area contributed by atoms with Crippen molar-refractivity contribution in [2.75, 3.05) is 13.1 Å². The van der Waals surface area contributed by atoms with Gasteiger partial charge in [0.2, 0.25) is 0 Å². The fourth-order valence-electron chi connectivity index (χ4n) is 3.17. The van der Waals surface area contributed by atoms with Crippen LogP contribution in [0, 0.1) is 0 Å². The van der Waals surface area contributed by atoms with Gasteiger partial charge in [0.25, 0.3) is 0 Å². The van der Waals surface area contributed by atoms with E-state index in [1.54, 1.807) is 12.1 Å². The minimum Gasteiger partial charge on any atom is -0.406 e. The van der Waals surface area contributed by atoms with Crippen molar-refractivity contribution in [1.82, 2.24) is 4.90 Å². The number of piperidine rings is 1. The first kappa shape index (κ1) is 14.7. The zero-order valence-corrected chi connectivity index (χ0v) is 11.6. The number of rotatable bonds is 3. The van der Waals surface area contributed by atoms with Crippen LogP contribution in [-0.2, 0) is 5.54 Å². The van der Waals surface area contributed by atoms with Gasteiger partial charge in [0.15, 0.2) is 0 Å². The molecule has 1 N–H and O–H groups in total. The van der Waals surface area contributed by atoms with E-state index in [2.05, 4.69) is 9.64 Å². The van der Waals surface area contributed by atoms with Crippen LogP contribution < -0.4 is 4.74 Å². The molecule has 0 radical (unpaired) electrons. The van der Waals surface area contributed by atoms with Crippen LogP contribution in [0.4, 0.5) is 13.2 Å². The van der Waals surface area contributed by atoms with Crippen LogP contribution in [0.2, 0.25) is 0 Å². The summed E-state index contributed by atoms with van der Waals surface area (Å²) in [6.45, 7) is 1.67. The van der Waals surface area contributed by atoms with Gasteiger partial charge in [0.1, 0.15) is 5.75 Å². The van der Waals surface area contributed by atoms with Crippen LogP contribution >= 0.6 is 0 Å². The molecule has 0 unspecified atom stereocenters. The van der Waals surface area contributed by atoms with Gasteiger partial charge in [-0.2, -0.15) is 0 Å². The Bertz CT molecular complexity index is 489. The van der Waals surface area contributed by atoms with Crippen LogP contribution in [0.25, 0.3) is 0 Å². The van der Waals surface area contributed by atoms with Gasteiger partial charge in [0, 0.05) is 18.6 Å². The molecule has 0 aromatic heterocycles. The Labute approximate surface area is 121 Å². The number of halogens is 3. The maximum atomic E-state index is 12.2. The second-order valence-electron chi connectivity index (χ2n) is 5.82. The van der Waals surface area contributed by atoms with Crippen molar-refractivity contribution in [1.29, 1.82) is 0 Å². The van der Waals surface area contributed by atoms with Crippen molar-refractivity contribution in [3.05, 3.63) is 29.8 Å². The highest BCUT2D eigenvalue weighted by molar-refractivity contribution is 5.35. The molecule has 21 heavy (non-hydrogen) atoms. The van der Waals surface area contributed by atoms with E-state index < -0.39 is 6.36 Å². The number of likely N-dealkylation sites (tertiary alicyclic amines) is 1. The largest absolute Gasteiger partial charge is 0.573 e. The summed E-state index contributed by atoms with van der Waals surface area (Å²) in [5, 5.41) is 9.58. The molecule has 1 heterocycles. The number of aliphatic hydroxyl groups excluding tert-OH is 1. The maximum Gasteiger partial charge on any atom is 0.573 e. The normalized spacial score (nSPS) is 23.0. The van der Waals surface area contributed by atoms with E-state index in [0.29, 0.717) is 0 Å². The molecule has 2 fully saturated rings. The molecule has 1 saturated carbocycles. The highest BCUT2D eigenvalue weighted by Gasteiger charge is 2.49. The van der Waals surface area contributed by atoms with Crippen LogP contribution in [0.3, 0.4) is 0 Å². The summed E-state index contributed by atoms with van der Waals surface area (Å²) >= 11 is 0. The summed E-state index contributed by atoms with van der Waals surface area (Å²) in [6, 6.07) is 6.20. The first-order valence-electron chi connectivity index (χ1n) is 7.18. The molecule has 1 aromatic rings. The standard InChI is InChI=1S/C15H18F3NO2/c16-15(17,18)21-13-3-1-11(2-4-13)14(7-8-14)19-9-5-12(20)6-10-19/h1-4,12,20H,5-10H2. The summed E-state index contributed by atoms with van der Waals surface area (Å²) in [4.78, 5) is 2.35. The van der Waals surface area contributed by atoms with Crippen LogP contribution in [0.5, 0.6) is 5.75 Å². The van der Waals surface area contributed by atoms with Crippen LogP contribution in [0.1, 0.15) is 31.2 Å². The second-order valence-corrected chi connectivity index (χ2v) is 5.82. The Hall–Kier alpha value is -1.27. The van der Waals surface area contributed by atoms with Crippen molar-refractivity contribution in [3.63, 3.8) is 0 Å². The van der Waals surface area contributed by atoms with Gasteiger partial charge >= 0.3 is 6.36 Å². The number of alkyl halides is 3. The molecule has 3 rings (SSSR count). The van der Waals surface area contributed by atoms with Crippen LogP contribution in [0.15, 0.2) is 24.3 Å². The summed E-state index contributed by atoms with van der Waals surface area (Å²) in [6.07, 6.45) is -1.32. The molecule has 0 atom stereocenters. The summed E-state index contributed by atoms with van der Waals surface area (Å²) < 4.78 is 40.4. The van der Waals surface area contributed by atoms with Gasteiger partial charge in [0.05, 0.1) is 6.10 Å². The van der Waals surface area contributed by atoms with E-state index in [1.807, 2.05) is 0 Å². The van der Waals surface area contributed by atoms with Crippen molar-refractivity contribution in [2.45, 2.75) is 43.7 Å². The number of ether oxygens (including phenoxy) is 1. The van der Waals surface area contributed by atoms with Gasteiger partial charge in [-0.25, -0.2) is 0 Å². The lowest BCUT2D eigenvalue weighted by Gasteiger charge is -2.37. The number of hydrogen-bond donors (Lipinski definition) is 1. The van der Waals surface area contributed by atoms with Gasteiger partial charge in [-0.05, 0) is 43.4 Å². The quantitative estimate of drug-likeness (QED) is 0.931. The third kappa shape index (κ3) is 3.16. The molecule has 2 aliphatic rings. The predicted molar refractivity (Wildman–Crippen MR) is 70.9 cm³/mol. The predicted octanol–water partition coefficient (Wildman–Crippen LogP) is 3.03. The molecule has 116 valence electrons. The van der Waals surface area contributed by atoms with E-state index >= 15 is 0 Å². The third-order valence-electron chi connectivity index (χ3n) is 4.42. The molecular weight excluding hydrogens is 283 g/mol. The first-order chi connectivity index (χ1) is 9.89. The van der Waals surface area contributed by atoms with Gasteiger partial charge in [-0.3, -0.25) is 4.90 Å². The lowest BCUT2D eigenvalue weighted by atomic mass is 9.98. The second kappa shape index (κ2) is 5.18. The molecule has 1 aliphatic heterocycles. The monoisotopic (exact) mass is 301 g/mol. The van der Waals surface area contributed by atoms with E-state index in [4.69, 9.17) is 0 Å². The molecule has 1 aliphatic carbocycles. The van der Waals surface area contributed by atoms with Gasteiger partial charge in [-0.15, -0.1) is 13.2 Å². The summed E-state index contributed by atoms with van der Waals surface area (Å²) in [5.74, 6) is -0.184. The molecule has 0 bridgehead atoms. The van der Waals surface area contributed by atoms with Crippen molar-refractivity contribution in [3.8, 4) is 5.75 Å². The number of nitrogens with zero attached hydrogens (tertiary/aromatic N) is 1. The Kier molecular flexibility index (Phi) is 3.61. The molecule has 0 amide bonds. The fourth-order valence-corrected chi connectivity index (χ4v) is 3.17. The Morgan fingerprint density at radius 1 is 1.10 bits per heavy atom. The van der Waals surface area contributed by atoms with Crippen molar-refractivity contribution in [2.24, 2.45) is 0 Å². The first-order valence-corrected chi connectivity index (χ1v) is 7.18. The highest BCUT2D eigenvalue weighted by Crippen LogP contribution is 2.52. The van der Waals surface area contributed by atoms with E-state index in [0.717, 1.165) is 44.3 Å². The van der Waals surface area contributed by atoms with Crippen molar-refractivity contribution >= 4 is 0 Å². The van der Waals surface area contributed by atoms with E-state index in [-0.39, 0.29) is 17.4 Å². The average molecular weight is 301 g/mol. The van der Waals surface area contributed by atoms with Gasteiger partial charge in [-0.1, -0.05) is 12.1 Å². The molecule has 1 aromatic carbocycles. The Balaban J connectivity index is 1.72. The molecule has 3 nitrogen and oxygen atoms in total. The smallest absolute Gasteiger partial charge is 0.406 e. The number of benzene rings is 1. The Morgan fingerprint density at radius 3 is 2.14 bits per heavy atom. The molecular formula is C15H18F3NO2. The lowest BCUT2D eigenvalue weighted by Crippen LogP contribution is -2.42. The number of aliphatic hydroxyl groups is 1. The zero-order valence-electron chi connectivity index (χ0n) is 11.6. The summed E-state index contributed by atoms with van der Waals surface area (Å²) in [7, 11) is 0. The van der Waals surface area contributed by atoms with Gasteiger partial charge < -0.3 is 9.84 Å². The third-order valence-corrected chi connectivity index (χ3v) is 4.42. The van der Waals surface area contributed by atoms with Crippen LogP contribution in [-0.4, -0.2) is 35.6 Å². The SMILES string of the molecule is OC1CCN(C2(c3ccc(OC(F)(F)F)cc3)CC2)CC1. The minimum atomic E-state index is -4.65. The average Bonchev–Trinajstić information content (AvgIpc) is 3.20. The zero-order chi connectivity index (χ0) is 15.1. The van der Waals surface area contributed by atoms with E-state index in [1.165, 1.54) is 12.1 Å². The number of hydrogen-bond acceptors (Lipinski definition) is 3. The molecule has 0 spiro atoms. The van der Waals surface area contributed by atoms with Crippen molar-refractivity contribution < 1.29 is 23.0 Å². The fraction of sp³-hybridized carbons (Fsp3) is 0.600. The lowest BCUT2D eigenvalue weighted by molar-refractivity contribution is -0.274. The maximum absolute atomic E-state index is 12.2. The van der Waals surface area contributed by atoms with E-state index in [9.17, 15) is 18.3 Å². The minimum absolute atomic E-state index is 0.0447. The topological polar surface area (TPSA) is 32.7 Å². The summed E-state index contributed by atoms with van der Waals surface area (Å²) in [5.41, 5.74) is 0.991. The highest BCUT2D eigenvalue weighted by atomic mass is 19.4. The molecule has 1 saturated heterocycles.